The first-order chi connectivity index (χ1) is 8.11. The lowest BCUT2D eigenvalue weighted by molar-refractivity contribution is -0.148. The Labute approximate surface area is 105 Å². The molecule has 100 valence electrons. The number of amides is 1. The molecule has 1 atom stereocenters. The molecular formula is C13H26N2O2. The van der Waals surface area contributed by atoms with Crippen LogP contribution in [0.25, 0.3) is 0 Å². The standard InChI is InChI=1S/C13H26N2O2/c1-12(16)15-10-5-4-8-13(15)17-11-7-6-9-14(2)3/h13H,4-11H2,1-3H3. The molecule has 0 spiro atoms. The summed E-state index contributed by atoms with van der Waals surface area (Å²) in [5, 5.41) is 0. The molecule has 1 amide bonds. The lowest BCUT2D eigenvalue weighted by atomic mass is 10.1. The van der Waals surface area contributed by atoms with E-state index in [0.29, 0.717) is 0 Å². The number of carbonyl (C=O) groups is 1. The number of piperidine rings is 1. The molecule has 1 aliphatic heterocycles. The van der Waals surface area contributed by atoms with E-state index in [1.54, 1.807) is 6.92 Å². The van der Waals surface area contributed by atoms with Gasteiger partial charge in [-0.05, 0) is 52.7 Å². The number of carbonyl (C=O) groups excluding carboxylic acids is 1. The van der Waals surface area contributed by atoms with Gasteiger partial charge in [-0.2, -0.15) is 0 Å². The van der Waals surface area contributed by atoms with Crippen LogP contribution in [0.1, 0.15) is 39.0 Å². The van der Waals surface area contributed by atoms with Gasteiger partial charge in [0, 0.05) is 20.1 Å². The molecule has 1 rings (SSSR count). The van der Waals surface area contributed by atoms with Crippen molar-refractivity contribution in [3.05, 3.63) is 0 Å². The molecule has 17 heavy (non-hydrogen) atoms. The molecule has 1 fully saturated rings. The van der Waals surface area contributed by atoms with E-state index in [1.165, 1.54) is 6.42 Å². The molecule has 0 aromatic heterocycles. The predicted molar refractivity (Wildman–Crippen MR) is 68.8 cm³/mol. The molecule has 0 bridgehead atoms. The minimum absolute atomic E-state index is 0.0283. The molecule has 4 heteroatoms. The van der Waals surface area contributed by atoms with Crippen molar-refractivity contribution in [2.75, 3.05) is 33.8 Å². The molecule has 4 nitrogen and oxygen atoms in total. The normalized spacial score (nSPS) is 20.9. The van der Waals surface area contributed by atoms with E-state index in [4.69, 9.17) is 4.74 Å². The van der Waals surface area contributed by atoms with Gasteiger partial charge < -0.3 is 14.5 Å². The molecule has 0 radical (unpaired) electrons. The molecule has 0 aromatic carbocycles. The van der Waals surface area contributed by atoms with Crippen molar-refractivity contribution in [3.8, 4) is 0 Å². The number of ether oxygens (including phenoxy) is 1. The fraction of sp³-hybridized carbons (Fsp3) is 0.923. The van der Waals surface area contributed by atoms with Crippen LogP contribution in [-0.2, 0) is 9.53 Å². The van der Waals surface area contributed by atoms with Crippen LogP contribution >= 0.6 is 0 Å². The third kappa shape index (κ3) is 5.50. The fourth-order valence-electron chi connectivity index (χ4n) is 2.18. The van der Waals surface area contributed by atoms with Gasteiger partial charge in [0.1, 0.15) is 6.23 Å². The van der Waals surface area contributed by atoms with Gasteiger partial charge in [-0.1, -0.05) is 0 Å². The van der Waals surface area contributed by atoms with Crippen molar-refractivity contribution in [2.45, 2.75) is 45.3 Å². The van der Waals surface area contributed by atoms with Crippen LogP contribution in [0.4, 0.5) is 0 Å². The zero-order valence-electron chi connectivity index (χ0n) is 11.4. The van der Waals surface area contributed by atoms with E-state index >= 15 is 0 Å². The largest absolute Gasteiger partial charge is 0.358 e. The Bertz CT molecular complexity index is 231. The molecule has 1 unspecified atom stereocenters. The van der Waals surface area contributed by atoms with Crippen molar-refractivity contribution in [1.29, 1.82) is 0 Å². The van der Waals surface area contributed by atoms with Gasteiger partial charge in [-0.3, -0.25) is 4.79 Å². The van der Waals surface area contributed by atoms with Crippen molar-refractivity contribution >= 4 is 5.91 Å². The highest BCUT2D eigenvalue weighted by Crippen LogP contribution is 2.18. The van der Waals surface area contributed by atoms with Crippen molar-refractivity contribution in [3.63, 3.8) is 0 Å². The van der Waals surface area contributed by atoms with Crippen LogP contribution in [0.5, 0.6) is 0 Å². The average molecular weight is 242 g/mol. The minimum atomic E-state index is 0.0283. The summed E-state index contributed by atoms with van der Waals surface area (Å²) < 4.78 is 5.83. The van der Waals surface area contributed by atoms with E-state index in [0.717, 1.165) is 45.4 Å². The van der Waals surface area contributed by atoms with Gasteiger partial charge in [-0.15, -0.1) is 0 Å². The average Bonchev–Trinajstić information content (AvgIpc) is 2.28. The zero-order valence-corrected chi connectivity index (χ0v) is 11.4. The molecule has 1 heterocycles. The SMILES string of the molecule is CC(=O)N1CCCCC1OCCCCN(C)C. The highest BCUT2D eigenvalue weighted by atomic mass is 16.5. The van der Waals surface area contributed by atoms with Gasteiger partial charge in [0.25, 0.3) is 0 Å². The Morgan fingerprint density at radius 1 is 1.35 bits per heavy atom. The van der Waals surface area contributed by atoms with Crippen LogP contribution in [0.15, 0.2) is 0 Å². The number of hydrogen-bond donors (Lipinski definition) is 0. The lowest BCUT2D eigenvalue weighted by Gasteiger charge is -2.34. The van der Waals surface area contributed by atoms with Crippen LogP contribution < -0.4 is 0 Å². The summed E-state index contributed by atoms with van der Waals surface area (Å²) in [7, 11) is 4.17. The summed E-state index contributed by atoms with van der Waals surface area (Å²) in [6.07, 6.45) is 5.53. The van der Waals surface area contributed by atoms with Crippen molar-refractivity contribution in [2.24, 2.45) is 0 Å². The molecule has 1 aliphatic rings. The number of unbranched alkanes of at least 4 members (excludes halogenated alkanes) is 1. The summed E-state index contributed by atoms with van der Waals surface area (Å²) in [6.45, 7) is 4.36. The Balaban J connectivity index is 2.17. The summed E-state index contributed by atoms with van der Waals surface area (Å²) in [6, 6.07) is 0. The molecule has 0 aliphatic carbocycles. The Kier molecular flexibility index (Phi) is 6.52. The number of likely N-dealkylation sites (tertiary alicyclic amines) is 1. The van der Waals surface area contributed by atoms with E-state index in [1.807, 2.05) is 4.90 Å². The maximum absolute atomic E-state index is 11.4. The molecule has 0 saturated carbocycles. The topological polar surface area (TPSA) is 32.8 Å². The number of nitrogens with zero attached hydrogens (tertiary/aromatic N) is 2. The van der Waals surface area contributed by atoms with E-state index in [9.17, 15) is 4.79 Å². The van der Waals surface area contributed by atoms with Crippen molar-refractivity contribution < 1.29 is 9.53 Å². The predicted octanol–water partition coefficient (Wildman–Crippen LogP) is 1.70. The number of hydrogen-bond acceptors (Lipinski definition) is 3. The van der Waals surface area contributed by atoms with Gasteiger partial charge >= 0.3 is 0 Å². The first kappa shape index (κ1) is 14.5. The maximum Gasteiger partial charge on any atom is 0.221 e. The van der Waals surface area contributed by atoms with E-state index < -0.39 is 0 Å². The van der Waals surface area contributed by atoms with Gasteiger partial charge in [-0.25, -0.2) is 0 Å². The quantitative estimate of drug-likeness (QED) is 0.665. The third-order valence-corrected chi connectivity index (χ3v) is 3.16. The third-order valence-electron chi connectivity index (χ3n) is 3.16. The van der Waals surface area contributed by atoms with Gasteiger partial charge in [0.2, 0.25) is 5.91 Å². The molecule has 0 aromatic rings. The second-order valence-electron chi connectivity index (χ2n) is 5.04. The van der Waals surface area contributed by atoms with Gasteiger partial charge in [0.05, 0.1) is 0 Å². The van der Waals surface area contributed by atoms with Crippen molar-refractivity contribution in [1.82, 2.24) is 9.80 Å². The monoisotopic (exact) mass is 242 g/mol. The van der Waals surface area contributed by atoms with Crippen LogP contribution in [0, 0.1) is 0 Å². The van der Waals surface area contributed by atoms with Crippen LogP contribution in [0.3, 0.4) is 0 Å². The number of rotatable bonds is 6. The Hall–Kier alpha value is -0.610. The first-order valence-corrected chi connectivity index (χ1v) is 6.65. The summed E-state index contributed by atoms with van der Waals surface area (Å²) in [5.41, 5.74) is 0. The highest BCUT2D eigenvalue weighted by molar-refractivity contribution is 5.73. The first-order valence-electron chi connectivity index (χ1n) is 6.65. The second kappa shape index (κ2) is 7.67. The van der Waals surface area contributed by atoms with Gasteiger partial charge in [0.15, 0.2) is 0 Å². The smallest absolute Gasteiger partial charge is 0.221 e. The summed E-state index contributed by atoms with van der Waals surface area (Å²) in [4.78, 5) is 15.5. The van der Waals surface area contributed by atoms with E-state index in [2.05, 4.69) is 19.0 Å². The lowest BCUT2D eigenvalue weighted by Crippen LogP contribution is -2.44. The fourth-order valence-corrected chi connectivity index (χ4v) is 2.18. The zero-order chi connectivity index (χ0) is 12.7. The molecular weight excluding hydrogens is 216 g/mol. The van der Waals surface area contributed by atoms with E-state index in [-0.39, 0.29) is 12.1 Å². The second-order valence-corrected chi connectivity index (χ2v) is 5.04. The minimum Gasteiger partial charge on any atom is -0.358 e. The maximum atomic E-state index is 11.4. The Morgan fingerprint density at radius 3 is 2.76 bits per heavy atom. The van der Waals surface area contributed by atoms with Crippen LogP contribution in [0.2, 0.25) is 0 Å². The van der Waals surface area contributed by atoms with Crippen LogP contribution in [-0.4, -0.2) is 55.7 Å². The highest BCUT2D eigenvalue weighted by Gasteiger charge is 2.24. The Morgan fingerprint density at radius 2 is 2.12 bits per heavy atom. The summed E-state index contributed by atoms with van der Waals surface area (Å²) >= 11 is 0. The molecule has 0 N–H and O–H groups in total. The molecule has 1 saturated heterocycles. The summed E-state index contributed by atoms with van der Waals surface area (Å²) in [5.74, 6) is 0.142.